The van der Waals surface area contributed by atoms with Gasteiger partial charge in [0.25, 0.3) is 10.1 Å². The Morgan fingerprint density at radius 2 is 1.86 bits per heavy atom. The minimum absolute atomic E-state index is 0.000730. The van der Waals surface area contributed by atoms with E-state index in [1.54, 1.807) is 23.1 Å². The number of hydrogen-bond donors (Lipinski definition) is 4. The van der Waals surface area contributed by atoms with E-state index in [-0.39, 0.29) is 40.1 Å². The highest BCUT2D eigenvalue weighted by molar-refractivity contribution is 7.85. The number of hydrogen-bond acceptors (Lipinski definition) is 7. The molecule has 186 valence electrons. The molecule has 2 heterocycles. The highest BCUT2D eigenvalue weighted by atomic mass is 32.2. The van der Waals surface area contributed by atoms with Crippen molar-refractivity contribution in [2.24, 2.45) is 0 Å². The molecule has 2 aliphatic heterocycles. The van der Waals surface area contributed by atoms with Crippen molar-refractivity contribution in [2.45, 2.75) is 49.1 Å². The Morgan fingerprint density at radius 1 is 1.17 bits per heavy atom. The van der Waals surface area contributed by atoms with Crippen molar-refractivity contribution >= 4 is 22.0 Å². The summed E-state index contributed by atoms with van der Waals surface area (Å²) in [6.07, 6.45) is 2.12. The summed E-state index contributed by atoms with van der Waals surface area (Å²) in [6, 6.07) is 12.0. The molecule has 0 bridgehead atoms. The van der Waals surface area contributed by atoms with Crippen LogP contribution in [0.1, 0.15) is 46.7 Å². The van der Waals surface area contributed by atoms with Crippen LogP contribution in [0.4, 0.5) is 0 Å². The number of carboxylic acids is 1. The first-order valence-corrected chi connectivity index (χ1v) is 12.5. The lowest BCUT2D eigenvalue weighted by molar-refractivity contribution is -0.133. The van der Waals surface area contributed by atoms with E-state index in [9.17, 15) is 23.1 Å². The predicted octanol–water partition coefficient (Wildman–Crippen LogP) is 2.29. The number of amides is 1. The second-order valence-corrected chi connectivity index (χ2v) is 10.0. The Kier molecular flexibility index (Phi) is 8.11. The summed E-state index contributed by atoms with van der Waals surface area (Å²) in [5, 5.41) is 31.0. The third kappa shape index (κ3) is 6.36. The fourth-order valence-electron chi connectivity index (χ4n) is 4.23. The SMILES string of the molecule is Cc1ccc(S(=O)(=O)O)cc1.N#C[C@@H]1CCCN1C(=O)[C@@H]1C[C@H](c2ccc(O)c(C(=O)O)c2)CN1. The number of nitrogens with one attached hydrogen (secondary N) is 1. The number of likely N-dealkylation sites (tertiary alicyclic amines) is 1. The van der Waals surface area contributed by atoms with E-state index in [1.807, 2.05) is 6.92 Å². The van der Waals surface area contributed by atoms with E-state index < -0.39 is 16.1 Å². The maximum Gasteiger partial charge on any atom is 0.339 e. The number of aryl methyl sites for hydroxylation is 1. The molecule has 0 aliphatic carbocycles. The smallest absolute Gasteiger partial charge is 0.339 e. The van der Waals surface area contributed by atoms with Crippen molar-refractivity contribution in [3.63, 3.8) is 0 Å². The van der Waals surface area contributed by atoms with E-state index >= 15 is 0 Å². The maximum atomic E-state index is 12.6. The first-order chi connectivity index (χ1) is 16.5. The van der Waals surface area contributed by atoms with Gasteiger partial charge in [0.15, 0.2) is 0 Å². The number of rotatable bonds is 4. The van der Waals surface area contributed by atoms with Gasteiger partial charge >= 0.3 is 5.97 Å². The zero-order valence-corrected chi connectivity index (χ0v) is 19.9. The van der Waals surface area contributed by atoms with Crippen molar-refractivity contribution in [3.8, 4) is 11.8 Å². The van der Waals surface area contributed by atoms with E-state index in [0.29, 0.717) is 19.5 Å². The normalized spacial score (nSPS) is 21.6. The van der Waals surface area contributed by atoms with Gasteiger partial charge in [0, 0.05) is 13.1 Å². The minimum Gasteiger partial charge on any atom is -0.507 e. The number of phenols is 1. The minimum atomic E-state index is -4.02. The second kappa shape index (κ2) is 10.9. The zero-order valence-electron chi connectivity index (χ0n) is 19.1. The van der Waals surface area contributed by atoms with E-state index in [2.05, 4.69) is 11.4 Å². The monoisotopic (exact) mass is 501 g/mol. The Morgan fingerprint density at radius 3 is 2.46 bits per heavy atom. The van der Waals surface area contributed by atoms with Crippen LogP contribution in [0, 0.1) is 18.3 Å². The predicted molar refractivity (Wildman–Crippen MR) is 126 cm³/mol. The highest BCUT2D eigenvalue weighted by Gasteiger charge is 2.37. The molecule has 4 N–H and O–H groups in total. The number of aromatic carboxylic acids is 1. The quantitative estimate of drug-likeness (QED) is 0.459. The average Bonchev–Trinajstić information content (AvgIpc) is 3.49. The molecule has 2 aromatic rings. The first kappa shape index (κ1) is 26.2. The molecule has 2 saturated heterocycles. The van der Waals surface area contributed by atoms with Crippen molar-refractivity contribution in [2.75, 3.05) is 13.1 Å². The van der Waals surface area contributed by atoms with Crippen LogP contribution < -0.4 is 5.32 Å². The van der Waals surface area contributed by atoms with Gasteiger partial charge in [-0.05, 0) is 61.9 Å². The highest BCUT2D eigenvalue weighted by Crippen LogP contribution is 2.31. The average molecular weight is 502 g/mol. The summed E-state index contributed by atoms with van der Waals surface area (Å²) in [6.45, 7) is 3.02. The molecular weight excluding hydrogens is 474 g/mol. The van der Waals surface area contributed by atoms with Crippen LogP contribution in [0.3, 0.4) is 0 Å². The van der Waals surface area contributed by atoms with Crippen molar-refractivity contribution in [3.05, 3.63) is 59.2 Å². The van der Waals surface area contributed by atoms with Crippen LogP contribution in [0.2, 0.25) is 0 Å². The Labute approximate surface area is 203 Å². The van der Waals surface area contributed by atoms with Crippen molar-refractivity contribution < 1.29 is 32.8 Å². The molecule has 3 atom stereocenters. The van der Waals surface area contributed by atoms with E-state index in [0.717, 1.165) is 24.0 Å². The number of nitrogens with zero attached hydrogens (tertiary/aromatic N) is 2. The van der Waals surface area contributed by atoms with E-state index in [4.69, 9.17) is 14.9 Å². The summed E-state index contributed by atoms with van der Waals surface area (Å²) in [5.41, 5.74) is 1.61. The van der Waals surface area contributed by atoms with Crippen LogP contribution in [0.25, 0.3) is 0 Å². The van der Waals surface area contributed by atoms with Gasteiger partial charge in [-0.15, -0.1) is 0 Å². The standard InChI is InChI=1S/C17H19N3O4.C7H8O3S/c18-8-12-2-1-5-20(12)16(22)14-7-11(9-19-14)10-3-4-15(21)13(6-10)17(23)24;1-6-2-4-7(5-3-6)11(8,9)10/h3-4,6,11-12,14,19,21H,1-2,5,7,9H2,(H,23,24);2-5H,1H3,(H,8,9,10)/t11-,12-,14-;/m0./s1. The largest absolute Gasteiger partial charge is 0.507 e. The van der Waals surface area contributed by atoms with Gasteiger partial charge in [-0.1, -0.05) is 23.8 Å². The van der Waals surface area contributed by atoms with Gasteiger partial charge in [0.2, 0.25) is 5.91 Å². The molecule has 2 aliphatic rings. The second-order valence-electron chi connectivity index (χ2n) is 8.58. The molecule has 2 fully saturated rings. The third-order valence-corrected chi connectivity index (χ3v) is 7.02. The first-order valence-electron chi connectivity index (χ1n) is 11.0. The number of aromatic hydroxyl groups is 1. The number of benzene rings is 2. The van der Waals surface area contributed by atoms with Crippen molar-refractivity contribution in [1.29, 1.82) is 5.26 Å². The number of carbonyl (C=O) groups excluding carboxylic acids is 1. The lowest BCUT2D eigenvalue weighted by atomic mass is 9.94. The molecule has 1 amide bonds. The van der Waals surface area contributed by atoms with Crippen LogP contribution in [0.5, 0.6) is 5.75 Å². The van der Waals surface area contributed by atoms with E-state index in [1.165, 1.54) is 24.3 Å². The Balaban J connectivity index is 0.000000261. The molecule has 0 aromatic heterocycles. The summed E-state index contributed by atoms with van der Waals surface area (Å²) in [4.78, 5) is 25.3. The van der Waals surface area contributed by atoms with Gasteiger partial charge in [-0.25, -0.2) is 4.79 Å². The summed E-state index contributed by atoms with van der Waals surface area (Å²) in [7, 11) is -4.02. The number of carbonyl (C=O) groups is 2. The zero-order chi connectivity index (χ0) is 25.8. The van der Waals surface area contributed by atoms with Crippen LogP contribution in [0.15, 0.2) is 47.4 Å². The molecular formula is C24H27N3O7S. The van der Waals surface area contributed by atoms with Gasteiger partial charge in [-0.3, -0.25) is 9.35 Å². The van der Waals surface area contributed by atoms with Gasteiger partial charge in [-0.2, -0.15) is 13.7 Å². The van der Waals surface area contributed by atoms with Crippen LogP contribution in [-0.4, -0.2) is 65.1 Å². The third-order valence-electron chi connectivity index (χ3n) is 6.16. The van der Waals surface area contributed by atoms with Gasteiger partial charge in [0.05, 0.1) is 17.0 Å². The molecule has 0 spiro atoms. The number of carboxylic acid groups (broad SMARTS) is 1. The molecule has 0 radical (unpaired) electrons. The topological polar surface area (TPSA) is 168 Å². The number of nitriles is 1. The Bertz CT molecular complexity index is 1240. The van der Waals surface area contributed by atoms with Gasteiger partial charge in [0.1, 0.15) is 17.4 Å². The lowest BCUT2D eigenvalue weighted by Gasteiger charge is -2.23. The van der Waals surface area contributed by atoms with Crippen LogP contribution in [-0.2, 0) is 14.9 Å². The molecule has 4 rings (SSSR count). The molecule has 0 unspecified atom stereocenters. The lowest BCUT2D eigenvalue weighted by Crippen LogP contribution is -2.45. The molecule has 0 saturated carbocycles. The summed E-state index contributed by atoms with van der Waals surface area (Å²) in [5.74, 6) is -1.50. The van der Waals surface area contributed by atoms with Gasteiger partial charge < -0.3 is 20.4 Å². The molecule has 10 nitrogen and oxygen atoms in total. The summed E-state index contributed by atoms with van der Waals surface area (Å²) < 4.78 is 29.6. The fourth-order valence-corrected chi connectivity index (χ4v) is 4.71. The summed E-state index contributed by atoms with van der Waals surface area (Å²) >= 11 is 0. The van der Waals surface area contributed by atoms with Crippen LogP contribution >= 0.6 is 0 Å². The van der Waals surface area contributed by atoms with Crippen molar-refractivity contribution in [1.82, 2.24) is 10.2 Å². The molecule has 2 aromatic carbocycles. The molecule has 35 heavy (non-hydrogen) atoms. The fraction of sp³-hybridized carbons (Fsp3) is 0.375. The Hall–Kier alpha value is -3.46. The maximum absolute atomic E-state index is 12.6. The molecule has 11 heteroatoms.